The summed E-state index contributed by atoms with van der Waals surface area (Å²) >= 11 is 1.36. The molecule has 3 rings (SSSR count). The van der Waals surface area contributed by atoms with Gasteiger partial charge in [0.15, 0.2) is 0 Å². The average Bonchev–Trinajstić information content (AvgIpc) is 2.93. The molecule has 2 heterocycles. The van der Waals surface area contributed by atoms with Crippen molar-refractivity contribution in [3.05, 3.63) is 17.0 Å². The third-order valence-electron chi connectivity index (χ3n) is 3.88. The third kappa shape index (κ3) is 4.04. The standard InChI is InChI=1S/C14H22N2O3S2/c1-14(7-9-19-10-14)16-21(17,18)13-5-4-12(20-13)6-8-15-11-2-3-11/h4-5,11,15-16H,2-3,6-10H2,1H3. The maximum absolute atomic E-state index is 12.4. The molecule has 1 aliphatic carbocycles. The number of ether oxygens (including phenoxy) is 1. The van der Waals surface area contributed by atoms with Crippen molar-refractivity contribution in [2.75, 3.05) is 19.8 Å². The highest BCUT2D eigenvalue weighted by Gasteiger charge is 2.35. The molecule has 1 unspecified atom stereocenters. The first-order chi connectivity index (χ1) is 9.97. The fraction of sp³-hybridized carbons (Fsp3) is 0.714. The van der Waals surface area contributed by atoms with E-state index >= 15 is 0 Å². The van der Waals surface area contributed by atoms with Gasteiger partial charge in [-0.1, -0.05) is 0 Å². The topological polar surface area (TPSA) is 67.4 Å². The van der Waals surface area contributed by atoms with Gasteiger partial charge in [-0.2, -0.15) is 0 Å². The predicted molar refractivity (Wildman–Crippen MR) is 83.2 cm³/mol. The summed E-state index contributed by atoms with van der Waals surface area (Å²) in [6.45, 7) is 3.87. The molecule has 1 atom stereocenters. The maximum atomic E-state index is 12.4. The summed E-state index contributed by atoms with van der Waals surface area (Å²) in [5, 5.41) is 3.44. The van der Waals surface area contributed by atoms with Crippen molar-refractivity contribution >= 4 is 21.4 Å². The van der Waals surface area contributed by atoms with Crippen molar-refractivity contribution in [3.63, 3.8) is 0 Å². The Morgan fingerprint density at radius 1 is 1.43 bits per heavy atom. The zero-order valence-electron chi connectivity index (χ0n) is 12.2. The highest BCUT2D eigenvalue weighted by Crippen LogP contribution is 2.26. The summed E-state index contributed by atoms with van der Waals surface area (Å²) in [7, 11) is -3.44. The molecule has 118 valence electrons. The van der Waals surface area contributed by atoms with Crippen LogP contribution in [0, 0.1) is 0 Å². The lowest BCUT2D eigenvalue weighted by molar-refractivity contribution is 0.178. The molecule has 0 amide bonds. The molecule has 1 saturated carbocycles. The molecule has 2 aliphatic rings. The van der Waals surface area contributed by atoms with Crippen LogP contribution in [-0.2, 0) is 21.2 Å². The van der Waals surface area contributed by atoms with Crippen molar-refractivity contribution in [2.45, 2.75) is 48.4 Å². The number of nitrogens with one attached hydrogen (secondary N) is 2. The van der Waals surface area contributed by atoms with E-state index in [2.05, 4.69) is 10.0 Å². The van der Waals surface area contributed by atoms with Crippen molar-refractivity contribution < 1.29 is 13.2 Å². The van der Waals surface area contributed by atoms with Gasteiger partial charge in [0, 0.05) is 24.1 Å². The minimum atomic E-state index is -3.44. The van der Waals surface area contributed by atoms with Crippen LogP contribution in [0.2, 0.25) is 0 Å². The molecule has 21 heavy (non-hydrogen) atoms. The number of rotatable bonds is 7. The van der Waals surface area contributed by atoms with Crippen molar-refractivity contribution in [1.29, 1.82) is 0 Å². The smallest absolute Gasteiger partial charge is 0.250 e. The lowest BCUT2D eigenvalue weighted by Gasteiger charge is -2.22. The SMILES string of the molecule is CC1(NS(=O)(=O)c2ccc(CCNC3CC3)s2)CCOC1. The molecule has 5 nitrogen and oxygen atoms in total. The van der Waals surface area contributed by atoms with E-state index in [1.54, 1.807) is 6.07 Å². The first kappa shape index (κ1) is 15.4. The van der Waals surface area contributed by atoms with Crippen molar-refractivity contribution in [1.82, 2.24) is 10.0 Å². The Morgan fingerprint density at radius 3 is 2.90 bits per heavy atom. The highest BCUT2D eigenvalue weighted by molar-refractivity contribution is 7.91. The molecule has 1 aromatic rings. The Kier molecular flexibility index (Phi) is 4.38. The number of hydrogen-bond donors (Lipinski definition) is 2. The zero-order chi connectivity index (χ0) is 14.9. The number of sulfonamides is 1. The second kappa shape index (κ2) is 5.96. The molecule has 1 saturated heterocycles. The van der Waals surface area contributed by atoms with Crippen LogP contribution in [0.3, 0.4) is 0 Å². The molecule has 2 N–H and O–H groups in total. The van der Waals surface area contributed by atoms with E-state index in [-0.39, 0.29) is 0 Å². The minimum absolute atomic E-state index is 0.400. The second-order valence-corrected chi connectivity index (χ2v) is 9.25. The number of thiophene rings is 1. The molecule has 0 spiro atoms. The summed E-state index contributed by atoms with van der Waals surface area (Å²) in [4.78, 5) is 1.11. The minimum Gasteiger partial charge on any atom is -0.379 e. The van der Waals surface area contributed by atoms with Crippen LogP contribution in [0.15, 0.2) is 16.3 Å². The Balaban J connectivity index is 1.60. The van der Waals surface area contributed by atoms with Gasteiger partial charge in [0.1, 0.15) is 4.21 Å². The van der Waals surface area contributed by atoms with Gasteiger partial charge in [-0.15, -0.1) is 11.3 Å². The van der Waals surface area contributed by atoms with E-state index in [1.165, 1.54) is 24.2 Å². The van der Waals surface area contributed by atoms with Crippen LogP contribution in [0.4, 0.5) is 0 Å². The van der Waals surface area contributed by atoms with Crippen LogP contribution in [0.25, 0.3) is 0 Å². The van der Waals surface area contributed by atoms with Gasteiger partial charge in [0.2, 0.25) is 0 Å². The van der Waals surface area contributed by atoms with Gasteiger partial charge < -0.3 is 10.1 Å². The molecule has 0 aromatic carbocycles. The largest absolute Gasteiger partial charge is 0.379 e. The molecular weight excluding hydrogens is 308 g/mol. The van der Waals surface area contributed by atoms with Crippen molar-refractivity contribution in [3.8, 4) is 0 Å². The van der Waals surface area contributed by atoms with Crippen LogP contribution < -0.4 is 10.0 Å². The lowest BCUT2D eigenvalue weighted by atomic mass is 10.0. The van der Waals surface area contributed by atoms with Crippen LogP contribution in [0.5, 0.6) is 0 Å². The average molecular weight is 330 g/mol. The van der Waals surface area contributed by atoms with Crippen LogP contribution in [0.1, 0.15) is 31.1 Å². The van der Waals surface area contributed by atoms with Crippen LogP contribution in [-0.4, -0.2) is 39.8 Å². The summed E-state index contributed by atoms with van der Waals surface area (Å²) < 4.78 is 33.3. The maximum Gasteiger partial charge on any atom is 0.250 e. The molecule has 2 fully saturated rings. The van der Waals surface area contributed by atoms with E-state index in [0.29, 0.717) is 23.5 Å². The van der Waals surface area contributed by atoms with Crippen LogP contribution >= 0.6 is 11.3 Å². The monoisotopic (exact) mass is 330 g/mol. The molecule has 7 heteroatoms. The van der Waals surface area contributed by atoms with Gasteiger partial charge in [0.25, 0.3) is 10.0 Å². The summed E-state index contributed by atoms with van der Waals surface area (Å²) in [6.07, 6.45) is 4.15. The quantitative estimate of drug-likeness (QED) is 0.795. The van der Waals surface area contributed by atoms with Gasteiger partial charge in [-0.05, 0) is 44.7 Å². The lowest BCUT2D eigenvalue weighted by Crippen LogP contribution is -2.46. The Hall–Kier alpha value is -0.470. The molecule has 0 bridgehead atoms. The summed E-state index contributed by atoms with van der Waals surface area (Å²) in [6, 6.07) is 4.32. The van der Waals surface area contributed by atoms with Gasteiger partial charge in [0.05, 0.1) is 12.1 Å². The van der Waals surface area contributed by atoms with E-state index in [1.807, 2.05) is 13.0 Å². The molecule has 0 radical (unpaired) electrons. The van der Waals surface area contributed by atoms with E-state index in [9.17, 15) is 8.42 Å². The van der Waals surface area contributed by atoms with Gasteiger partial charge in [-0.3, -0.25) is 0 Å². The normalized spacial score (nSPS) is 26.3. The van der Waals surface area contributed by atoms with E-state index in [0.717, 1.165) is 24.3 Å². The van der Waals surface area contributed by atoms with E-state index in [4.69, 9.17) is 4.74 Å². The third-order valence-corrected chi connectivity index (χ3v) is 7.16. The van der Waals surface area contributed by atoms with Gasteiger partial charge in [-0.25, -0.2) is 13.1 Å². The first-order valence-corrected chi connectivity index (χ1v) is 9.71. The molecular formula is C14H22N2O3S2. The van der Waals surface area contributed by atoms with E-state index < -0.39 is 15.6 Å². The number of hydrogen-bond acceptors (Lipinski definition) is 5. The predicted octanol–water partition coefficient (Wildman–Crippen LogP) is 1.50. The second-order valence-electron chi connectivity index (χ2n) is 6.17. The highest BCUT2D eigenvalue weighted by atomic mass is 32.2. The molecule has 1 aromatic heterocycles. The Bertz CT molecular complexity index is 587. The summed E-state index contributed by atoms with van der Waals surface area (Å²) in [5.41, 5.74) is -0.476. The first-order valence-electron chi connectivity index (χ1n) is 7.41. The Labute approximate surface area is 130 Å². The van der Waals surface area contributed by atoms with Crippen molar-refractivity contribution in [2.24, 2.45) is 0 Å². The summed E-state index contributed by atoms with van der Waals surface area (Å²) in [5.74, 6) is 0. The van der Waals surface area contributed by atoms with Gasteiger partial charge >= 0.3 is 0 Å². The fourth-order valence-electron chi connectivity index (χ4n) is 2.45. The molecule has 1 aliphatic heterocycles. The fourth-order valence-corrected chi connectivity index (χ4v) is 5.22. The Morgan fingerprint density at radius 2 is 2.24 bits per heavy atom. The zero-order valence-corrected chi connectivity index (χ0v) is 13.9.